The molecule has 0 heterocycles. The second-order valence-corrected chi connectivity index (χ2v) is 5.16. The summed E-state index contributed by atoms with van der Waals surface area (Å²) in [5.41, 5.74) is 4.26. The number of aliphatic hydroxyl groups is 1. The van der Waals surface area contributed by atoms with Gasteiger partial charge in [-0.25, -0.2) is 0 Å². The van der Waals surface area contributed by atoms with Crippen LogP contribution in [0.25, 0.3) is 0 Å². The van der Waals surface area contributed by atoms with Crippen LogP contribution in [-0.4, -0.2) is 5.11 Å². The highest BCUT2D eigenvalue weighted by Crippen LogP contribution is 2.27. The summed E-state index contributed by atoms with van der Waals surface area (Å²) >= 11 is 3.40. The van der Waals surface area contributed by atoms with Gasteiger partial charge in [0.2, 0.25) is 0 Å². The standard InChI is InChI=1S/C15H15BrO/c1-10-4-3-5-14(11(10)2)15(17)12-6-8-13(16)9-7-12/h3-9,15,17H,1-2H3/t15-/m0/s1. The summed E-state index contributed by atoms with van der Waals surface area (Å²) in [6.07, 6.45) is -0.553. The molecule has 1 atom stereocenters. The lowest BCUT2D eigenvalue weighted by atomic mass is 9.95. The molecule has 2 aromatic rings. The second kappa shape index (κ2) is 5.03. The van der Waals surface area contributed by atoms with Gasteiger partial charge in [-0.3, -0.25) is 0 Å². The van der Waals surface area contributed by atoms with Crippen molar-refractivity contribution in [1.82, 2.24) is 0 Å². The highest BCUT2D eigenvalue weighted by molar-refractivity contribution is 9.10. The molecular weight excluding hydrogens is 276 g/mol. The Morgan fingerprint density at radius 3 is 2.29 bits per heavy atom. The van der Waals surface area contributed by atoms with E-state index in [1.54, 1.807) is 0 Å². The third-order valence-corrected chi connectivity index (χ3v) is 3.66. The minimum atomic E-state index is -0.553. The van der Waals surface area contributed by atoms with Crippen LogP contribution in [0.15, 0.2) is 46.9 Å². The van der Waals surface area contributed by atoms with Gasteiger partial charge in [0.05, 0.1) is 0 Å². The summed E-state index contributed by atoms with van der Waals surface area (Å²) in [5, 5.41) is 10.4. The van der Waals surface area contributed by atoms with Crippen LogP contribution in [0.1, 0.15) is 28.4 Å². The summed E-state index contributed by atoms with van der Waals surface area (Å²) < 4.78 is 1.02. The first-order valence-electron chi connectivity index (χ1n) is 5.59. The van der Waals surface area contributed by atoms with Crippen molar-refractivity contribution in [3.63, 3.8) is 0 Å². The van der Waals surface area contributed by atoms with E-state index in [9.17, 15) is 5.11 Å². The maximum atomic E-state index is 10.4. The quantitative estimate of drug-likeness (QED) is 0.881. The third-order valence-electron chi connectivity index (χ3n) is 3.13. The molecule has 2 heteroatoms. The van der Waals surface area contributed by atoms with Crippen molar-refractivity contribution in [3.05, 3.63) is 69.2 Å². The first-order chi connectivity index (χ1) is 8.09. The van der Waals surface area contributed by atoms with Gasteiger partial charge in [0, 0.05) is 4.47 Å². The number of hydrogen-bond acceptors (Lipinski definition) is 1. The smallest absolute Gasteiger partial charge is 0.104 e. The van der Waals surface area contributed by atoms with Gasteiger partial charge in [-0.1, -0.05) is 46.3 Å². The summed E-state index contributed by atoms with van der Waals surface area (Å²) in [4.78, 5) is 0. The predicted octanol–water partition coefficient (Wildman–Crippen LogP) is 4.15. The highest BCUT2D eigenvalue weighted by atomic mass is 79.9. The van der Waals surface area contributed by atoms with Crippen LogP contribution in [0.3, 0.4) is 0 Å². The van der Waals surface area contributed by atoms with Crippen molar-refractivity contribution in [2.75, 3.05) is 0 Å². The van der Waals surface area contributed by atoms with E-state index >= 15 is 0 Å². The molecule has 2 aromatic carbocycles. The number of rotatable bonds is 2. The molecule has 0 radical (unpaired) electrons. The predicted molar refractivity (Wildman–Crippen MR) is 74.1 cm³/mol. The molecule has 2 rings (SSSR count). The highest BCUT2D eigenvalue weighted by Gasteiger charge is 2.13. The van der Waals surface area contributed by atoms with Crippen molar-refractivity contribution in [3.8, 4) is 0 Å². The molecule has 0 saturated carbocycles. The molecule has 0 saturated heterocycles. The Hall–Kier alpha value is -1.12. The second-order valence-electron chi connectivity index (χ2n) is 4.24. The molecule has 0 amide bonds. The van der Waals surface area contributed by atoms with Gasteiger partial charge in [-0.15, -0.1) is 0 Å². The Bertz CT molecular complexity index is 517. The zero-order valence-corrected chi connectivity index (χ0v) is 11.5. The van der Waals surface area contributed by atoms with Crippen LogP contribution < -0.4 is 0 Å². The molecule has 0 bridgehead atoms. The SMILES string of the molecule is Cc1cccc([C@@H](O)c2ccc(Br)cc2)c1C. The van der Waals surface area contributed by atoms with Gasteiger partial charge in [0.25, 0.3) is 0 Å². The first-order valence-corrected chi connectivity index (χ1v) is 6.38. The molecule has 1 nitrogen and oxygen atoms in total. The van der Waals surface area contributed by atoms with E-state index in [0.717, 1.165) is 21.2 Å². The fourth-order valence-electron chi connectivity index (χ4n) is 1.89. The van der Waals surface area contributed by atoms with Gasteiger partial charge in [0.1, 0.15) is 6.10 Å². The molecule has 0 aliphatic carbocycles. The van der Waals surface area contributed by atoms with Crippen LogP contribution in [0.2, 0.25) is 0 Å². The van der Waals surface area contributed by atoms with Crippen LogP contribution in [0, 0.1) is 13.8 Å². The fraction of sp³-hybridized carbons (Fsp3) is 0.200. The van der Waals surface area contributed by atoms with Crippen molar-refractivity contribution >= 4 is 15.9 Å². The van der Waals surface area contributed by atoms with E-state index < -0.39 is 6.10 Å². The Labute approximate surface area is 110 Å². The molecule has 0 spiro atoms. The van der Waals surface area contributed by atoms with Crippen LogP contribution in [-0.2, 0) is 0 Å². The molecule has 0 unspecified atom stereocenters. The van der Waals surface area contributed by atoms with Crippen molar-refractivity contribution in [2.24, 2.45) is 0 Å². The molecule has 0 aromatic heterocycles. The molecule has 0 fully saturated rings. The minimum Gasteiger partial charge on any atom is -0.384 e. The average molecular weight is 291 g/mol. The monoisotopic (exact) mass is 290 g/mol. The Morgan fingerprint density at radius 2 is 1.65 bits per heavy atom. The van der Waals surface area contributed by atoms with Gasteiger partial charge in [0.15, 0.2) is 0 Å². The van der Waals surface area contributed by atoms with E-state index in [1.165, 1.54) is 5.56 Å². The average Bonchev–Trinajstić information content (AvgIpc) is 2.33. The van der Waals surface area contributed by atoms with Crippen LogP contribution >= 0.6 is 15.9 Å². The summed E-state index contributed by atoms with van der Waals surface area (Å²) in [7, 11) is 0. The Kier molecular flexibility index (Phi) is 3.65. The number of halogens is 1. The number of aliphatic hydroxyl groups excluding tert-OH is 1. The van der Waals surface area contributed by atoms with Gasteiger partial charge < -0.3 is 5.11 Å². The first kappa shape index (κ1) is 12.3. The fourth-order valence-corrected chi connectivity index (χ4v) is 2.16. The number of aryl methyl sites for hydroxylation is 1. The lowest BCUT2D eigenvalue weighted by molar-refractivity contribution is 0.219. The third kappa shape index (κ3) is 2.59. The lowest BCUT2D eigenvalue weighted by Gasteiger charge is -2.15. The van der Waals surface area contributed by atoms with Gasteiger partial charge in [-0.2, -0.15) is 0 Å². The van der Waals surface area contributed by atoms with E-state index in [2.05, 4.69) is 28.9 Å². The maximum absolute atomic E-state index is 10.4. The minimum absolute atomic E-state index is 0.553. The molecule has 0 aliphatic heterocycles. The molecule has 0 aliphatic rings. The Balaban J connectivity index is 2.40. The maximum Gasteiger partial charge on any atom is 0.104 e. The topological polar surface area (TPSA) is 20.2 Å². The number of benzene rings is 2. The largest absolute Gasteiger partial charge is 0.384 e. The van der Waals surface area contributed by atoms with Crippen molar-refractivity contribution < 1.29 is 5.11 Å². The summed E-state index contributed by atoms with van der Waals surface area (Å²) in [6, 6.07) is 13.8. The van der Waals surface area contributed by atoms with Gasteiger partial charge >= 0.3 is 0 Å². The van der Waals surface area contributed by atoms with Crippen molar-refractivity contribution in [2.45, 2.75) is 20.0 Å². The Morgan fingerprint density at radius 1 is 1.00 bits per heavy atom. The van der Waals surface area contributed by atoms with E-state index in [0.29, 0.717) is 0 Å². The number of hydrogen-bond donors (Lipinski definition) is 1. The van der Waals surface area contributed by atoms with E-state index in [1.807, 2.05) is 43.3 Å². The van der Waals surface area contributed by atoms with Crippen LogP contribution in [0.4, 0.5) is 0 Å². The molecule has 17 heavy (non-hydrogen) atoms. The van der Waals surface area contributed by atoms with Crippen molar-refractivity contribution in [1.29, 1.82) is 0 Å². The van der Waals surface area contributed by atoms with Crippen LogP contribution in [0.5, 0.6) is 0 Å². The summed E-state index contributed by atoms with van der Waals surface area (Å²) in [5.74, 6) is 0. The lowest BCUT2D eigenvalue weighted by Crippen LogP contribution is -2.02. The van der Waals surface area contributed by atoms with Gasteiger partial charge in [-0.05, 0) is 48.2 Å². The van der Waals surface area contributed by atoms with E-state index in [-0.39, 0.29) is 0 Å². The zero-order valence-electron chi connectivity index (χ0n) is 9.94. The normalized spacial score (nSPS) is 12.5. The van der Waals surface area contributed by atoms with E-state index in [4.69, 9.17) is 0 Å². The summed E-state index contributed by atoms with van der Waals surface area (Å²) in [6.45, 7) is 4.11. The molecule has 1 N–H and O–H groups in total. The molecule has 88 valence electrons. The zero-order chi connectivity index (χ0) is 12.4. The molecular formula is C15H15BrO.